The van der Waals surface area contributed by atoms with Crippen LogP contribution in [-0.2, 0) is 0 Å². The van der Waals surface area contributed by atoms with Crippen molar-refractivity contribution in [1.29, 1.82) is 0 Å². The second-order valence-electron chi connectivity index (χ2n) is 3.57. The predicted octanol–water partition coefficient (Wildman–Crippen LogP) is 2.74. The van der Waals surface area contributed by atoms with Crippen LogP contribution in [0.15, 0.2) is 36.4 Å². The summed E-state index contributed by atoms with van der Waals surface area (Å²) in [5.74, 6) is -5.97. The average Bonchev–Trinajstić information content (AvgIpc) is 2.27. The van der Waals surface area contributed by atoms with Gasteiger partial charge in [-0.15, -0.1) is 0 Å². The standard InChI is InChI=1S/C12H6F6Te/c13-7-3-1-4-8(14)11(7)19(17,18)12-9(15)5-2-6-10(12)16/h1-6H. The maximum atomic E-state index is 14.2. The van der Waals surface area contributed by atoms with Gasteiger partial charge in [0.2, 0.25) is 0 Å². The molecule has 0 radical (unpaired) electrons. The summed E-state index contributed by atoms with van der Waals surface area (Å²) in [6.45, 7) is 0. The van der Waals surface area contributed by atoms with Crippen LogP contribution in [0.3, 0.4) is 0 Å². The normalized spacial score (nSPS) is 12.5. The number of hydrogen-bond acceptors (Lipinski definition) is 0. The summed E-state index contributed by atoms with van der Waals surface area (Å²) in [6, 6.07) is 4.36. The Bertz CT molecular complexity index is 532. The topological polar surface area (TPSA) is 0 Å². The molecule has 0 aromatic heterocycles. The van der Waals surface area contributed by atoms with Crippen molar-refractivity contribution in [3.8, 4) is 0 Å². The van der Waals surface area contributed by atoms with Crippen molar-refractivity contribution in [2.75, 3.05) is 0 Å². The number of halogens is 6. The van der Waals surface area contributed by atoms with Crippen LogP contribution in [0.4, 0.5) is 23.3 Å². The van der Waals surface area contributed by atoms with E-state index < -0.39 is 49.8 Å². The summed E-state index contributed by atoms with van der Waals surface area (Å²) >= 11 is -6.75. The zero-order valence-electron chi connectivity index (χ0n) is 9.14. The van der Waals surface area contributed by atoms with Crippen LogP contribution in [0.5, 0.6) is 0 Å². The Kier molecular flexibility index (Phi) is 3.79. The SMILES string of the molecule is Fc1cccc(F)c1[Te](F)(F)c1c(F)cccc1F. The van der Waals surface area contributed by atoms with Crippen LogP contribution in [-0.4, -0.2) is 19.3 Å². The second kappa shape index (κ2) is 5.06. The molecule has 0 unspecified atom stereocenters. The first-order valence-electron chi connectivity index (χ1n) is 4.96. The van der Waals surface area contributed by atoms with Gasteiger partial charge in [-0.3, -0.25) is 0 Å². The summed E-state index contributed by atoms with van der Waals surface area (Å²) in [7, 11) is 0. The summed E-state index contributed by atoms with van der Waals surface area (Å²) in [5.41, 5.74) is 0. The van der Waals surface area contributed by atoms with Gasteiger partial charge >= 0.3 is 110 Å². The first-order valence-corrected chi connectivity index (χ1v) is 9.05. The zero-order valence-corrected chi connectivity index (χ0v) is 11.5. The van der Waals surface area contributed by atoms with Gasteiger partial charge in [-0.05, 0) is 0 Å². The first-order chi connectivity index (χ1) is 8.85. The number of rotatable bonds is 2. The molecule has 7 heteroatoms. The quantitative estimate of drug-likeness (QED) is 0.545. The average molecular weight is 392 g/mol. The Morgan fingerprint density at radius 3 is 1.11 bits per heavy atom. The monoisotopic (exact) mass is 394 g/mol. The van der Waals surface area contributed by atoms with Crippen LogP contribution in [0, 0.1) is 23.3 Å². The molecule has 0 amide bonds. The molecule has 0 saturated heterocycles. The van der Waals surface area contributed by atoms with Crippen molar-refractivity contribution in [1.82, 2.24) is 0 Å². The fourth-order valence-electron chi connectivity index (χ4n) is 1.56. The first kappa shape index (κ1) is 14.2. The van der Waals surface area contributed by atoms with E-state index in [1.807, 2.05) is 0 Å². The molecule has 102 valence electrons. The van der Waals surface area contributed by atoms with Gasteiger partial charge in [-0.2, -0.15) is 0 Å². The molecular weight excluding hydrogens is 386 g/mol. The molecule has 0 aliphatic carbocycles. The molecule has 2 rings (SSSR count). The Morgan fingerprint density at radius 2 is 0.842 bits per heavy atom. The van der Waals surface area contributed by atoms with E-state index in [9.17, 15) is 23.3 Å². The molecule has 0 N–H and O–H groups in total. The Hall–Kier alpha value is -1.19. The second-order valence-corrected chi connectivity index (χ2v) is 8.58. The molecule has 0 nitrogen and oxygen atoms in total. The Labute approximate surface area is 110 Å². The molecule has 19 heavy (non-hydrogen) atoms. The van der Waals surface area contributed by atoms with Crippen LogP contribution in [0.1, 0.15) is 0 Å². The Balaban J connectivity index is 2.73. The molecule has 0 aliphatic rings. The summed E-state index contributed by atoms with van der Waals surface area (Å²) < 4.78 is 78.9. The van der Waals surface area contributed by atoms with Crippen molar-refractivity contribution in [2.45, 2.75) is 0 Å². The van der Waals surface area contributed by atoms with Crippen molar-refractivity contribution in [3.05, 3.63) is 59.7 Å². The van der Waals surface area contributed by atoms with Crippen LogP contribution < -0.4 is 7.22 Å². The molecule has 0 saturated carbocycles. The fraction of sp³-hybridized carbons (Fsp3) is 0. The molecule has 2 aromatic rings. The number of benzene rings is 2. The van der Waals surface area contributed by atoms with Crippen molar-refractivity contribution in [3.63, 3.8) is 0 Å². The molecule has 0 spiro atoms. The van der Waals surface area contributed by atoms with Gasteiger partial charge in [0.25, 0.3) is 0 Å². The van der Waals surface area contributed by atoms with Gasteiger partial charge in [0.1, 0.15) is 0 Å². The molecule has 0 bridgehead atoms. The zero-order chi connectivity index (χ0) is 14.2. The maximum absolute atomic E-state index is 14.2. The molecule has 0 heterocycles. The van der Waals surface area contributed by atoms with E-state index >= 15 is 0 Å². The summed E-state index contributed by atoms with van der Waals surface area (Å²) in [5, 5.41) is 0. The van der Waals surface area contributed by atoms with Crippen LogP contribution >= 0.6 is 0 Å². The summed E-state index contributed by atoms with van der Waals surface area (Å²) in [6.07, 6.45) is 0. The molecule has 0 aliphatic heterocycles. The minimum absolute atomic E-state index is 0.636. The van der Waals surface area contributed by atoms with Crippen molar-refractivity contribution < 1.29 is 23.3 Å². The third-order valence-corrected chi connectivity index (χ3v) is 7.50. The van der Waals surface area contributed by atoms with Gasteiger partial charge in [0, 0.05) is 0 Å². The predicted molar refractivity (Wildman–Crippen MR) is 60.0 cm³/mol. The van der Waals surface area contributed by atoms with Crippen LogP contribution in [0.25, 0.3) is 0 Å². The van der Waals surface area contributed by atoms with Gasteiger partial charge in [0.15, 0.2) is 0 Å². The third-order valence-electron chi connectivity index (χ3n) is 2.35. The molecule has 2 aromatic carbocycles. The molecular formula is C12H6F6Te. The van der Waals surface area contributed by atoms with E-state index in [0.717, 1.165) is 12.1 Å². The van der Waals surface area contributed by atoms with E-state index in [2.05, 4.69) is 0 Å². The summed E-state index contributed by atoms with van der Waals surface area (Å²) in [4.78, 5) is 0. The van der Waals surface area contributed by atoms with E-state index in [-0.39, 0.29) is 0 Å². The fourth-order valence-corrected chi connectivity index (χ4v) is 5.71. The van der Waals surface area contributed by atoms with E-state index in [0.29, 0.717) is 24.3 Å². The third kappa shape index (κ3) is 2.45. The van der Waals surface area contributed by atoms with Gasteiger partial charge in [-0.1, -0.05) is 0 Å². The minimum atomic E-state index is -6.75. The van der Waals surface area contributed by atoms with E-state index in [1.54, 1.807) is 0 Å². The van der Waals surface area contributed by atoms with Gasteiger partial charge in [-0.25, -0.2) is 0 Å². The van der Waals surface area contributed by atoms with Crippen molar-refractivity contribution >= 4 is 26.5 Å². The molecule has 0 atom stereocenters. The molecule has 0 fully saturated rings. The van der Waals surface area contributed by atoms with E-state index in [1.165, 1.54) is 0 Å². The van der Waals surface area contributed by atoms with Crippen LogP contribution in [0.2, 0.25) is 0 Å². The van der Waals surface area contributed by atoms with Gasteiger partial charge in [0.05, 0.1) is 0 Å². The number of hydrogen-bond donors (Lipinski definition) is 0. The Morgan fingerprint density at radius 1 is 0.579 bits per heavy atom. The van der Waals surface area contributed by atoms with E-state index in [4.69, 9.17) is 0 Å². The van der Waals surface area contributed by atoms with Crippen molar-refractivity contribution in [2.24, 2.45) is 0 Å². The van der Waals surface area contributed by atoms with Gasteiger partial charge < -0.3 is 0 Å².